The zero-order valence-electron chi connectivity index (χ0n) is 15.3. The second kappa shape index (κ2) is 7.01. The zero-order valence-corrected chi connectivity index (χ0v) is 15.3. The van der Waals surface area contributed by atoms with Gasteiger partial charge in [-0.2, -0.15) is 5.10 Å². The molecule has 0 saturated carbocycles. The van der Waals surface area contributed by atoms with Gasteiger partial charge in [-0.15, -0.1) is 0 Å². The SMILES string of the molecule is O=c1ccc(-c2cccnc2)nn1CC1CN(Cc2nc3ccccc3[nH]2)C1. The molecule has 0 aliphatic carbocycles. The summed E-state index contributed by atoms with van der Waals surface area (Å²) >= 11 is 0. The maximum atomic E-state index is 12.2. The van der Waals surface area contributed by atoms with E-state index < -0.39 is 0 Å². The molecule has 3 aromatic heterocycles. The molecule has 0 amide bonds. The number of hydrogen-bond donors (Lipinski definition) is 1. The van der Waals surface area contributed by atoms with Crippen molar-refractivity contribution in [3.05, 3.63) is 77.1 Å². The number of imidazole rings is 1. The first-order valence-electron chi connectivity index (χ1n) is 9.39. The van der Waals surface area contributed by atoms with Crippen molar-refractivity contribution >= 4 is 11.0 Å². The highest BCUT2D eigenvalue weighted by molar-refractivity contribution is 5.74. The molecule has 1 aliphatic heterocycles. The average Bonchev–Trinajstić information content (AvgIpc) is 3.11. The van der Waals surface area contributed by atoms with E-state index >= 15 is 0 Å². The Morgan fingerprint density at radius 3 is 2.79 bits per heavy atom. The molecule has 0 bridgehead atoms. The van der Waals surface area contributed by atoms with Gasteiger partial charge in [-0.25, -0.2) is 9.67 Å². The lowest BCUT2D eigenvalue weighted by Gasteiger charge is -2.38. The first-order valence-corrected chi connectivity index (χ1v) is 9.39. The number of para-hydroxylation sites is 2. The van der Waals surface area contributed by atoms with Gasteiger partial charge in [0.1, 0.15) is 5.82 Å². The average molecular weight is 372 g/mol. The molecule has 5 rings (SSSR count). The predicted molar refractivity (Wildman–Crippen MR) is 107 cm³/mol. The normalized spacial score (nSPS) is 15.0. The van der Waals surface area contributed by atoms with E-state index in [1.54, 1.807) is 29.2 Å². The highest BCUT2D eigenvalue weighted by Crippen LogP contribution is 2.21. The minimum absolute atomic E-state index is 0.0663. The Bertz CT molecular complexity index is 1130. The van der Waals surface area contributed by atoms with Gasteiger partial charge >= 0.3 is 0 Å². The topological polar surface area (TPSA) is 79.7 Å². The first kappa shape index (κ1) is 16.8. The van der Waals surface area contributed by atoms with Crippen LogP contribution >= 0.6 is 0 Å². The fourth-order valence-electron chi connectivity index (χ4n) is 3.71. The summed E-state index contributed by atoms with van der Waals surface area (Å²) in [6.45, 7) is 3.29. The first-order chi connectivity index (χ1) is 13.7. The number of aromatic nitrogens is 5. The van der Waals surface area contributed by atoms with E-state index in [2.05, 4.69) is 25.0 Å². The summed E-state index contributed by atoms with van der Waals surface area (Å²) in [4.78, 5) is 26.7. The molecule has 1 saturated heterocycles. The molecule has 0 spiro atoms. The van der Waals surface area contributed by atoms with Gasteiger partial charge in [0.25, 0.3) is 5.56 Å². The molecule has 140 valence electrons. The predicted octanol–water partition coefficient (Wildman–Crippen LogP) is 2.31. The summed E-state index contributed by atoms with van der Waals surface area (Å²) in [6.07, 6.45) is 3.49. The van der Waals surface area contributed by atoms with Crippen LogP contribution in [0.15, 0.2) is 65.7 Å². The lowest BCUT2D eigenvalue weighted by molar-refractivity contribution is 0.0744. The standard InChI is InChI=1S/C21H20N6O/c28-21-8-7-17(16-4-3-9-22-10-16)25-27(21)13-15-11-26(12-15)14-20-23-18-5-1-2-6-19(18)24-20/h1-10,15H,11-14H2,(H,23,24). The number of fused-ring (bicyclic) bond motifs is 1. The fourth-order valence-corrected chi connectivity index (χ4v) is 3.71. The molecule has 7 heteroatoms. The summed E-state index contributed by atoms with van der Waals surface area (Å²) in [5.41, 5.74) is 3.68. The van der Waals surface area contributed by atoms with Gasteiger partial charge in [0.05, 0.1) is 29.8 Å². The molecule has 0 unspecified atom stereocenters. The number of nitrogens with one attached hydrogen (secondary N) is 1. The maximum absolute atomic E-state index is 12.2. The Balaban J connectivity index is 1.23. The van der Waals surface area contributed by atoms with Crippen molar-refractivity contribution in [3.8, 4) is 11.3 Å². The van der Waals surface area contributed by atoms with Crippen molar-refractivity contribution in [1.82, 2.24) is 29.6 Å². The van der Waals surface area contributed by atoms with Gasteiger partial charge < -0.3 is 4.98 Å². The van der Waals surface area contributed by atoms with Crippen LogP contribution in [0.4, 0.5) is 0 Å². The summed E-state index contributed by atoms with van der Waals surface area (Å²) < 4.78 is 1.57. The van der Waals surface area contributed by atoms with Crippen molar-refractivity contribution in [2.75, 3.05) is 13.1 Å². The van der Waals surface area contributed by atoms with Gasteiger partial charge in [-0.05, 0) is 30.3 Å². The van der Waals surface area contributed by atoms with Crippen molar-refractivity contribution in [3.63, 3.8) is 0 Å². The molecule has 4 aromatic rings. The number of rotatable bonds is 5. The molecule has 1 aliphatic rings. The van der Waals surface area contributed by atoms with E-state index in [1.165, 1.54) is 0 Å². The number of benzene rings is 1. The third-order valence-electron chi connectivity index (χ3n) is 5.10. The van der Waals surface area contributed by atoms with Crippen LogP contribution in [-0.2, 0) is 13.1 Å². The van der Waals surface area contributed by atoms with Crippen molar-refractivity contribution in [2.24, 2.45) is 5.92 Å². The van der Waals surface area contributed by atoms with Gasteiger partial charge in [-0.3, -0.25) is 14.7 Å². The molecular weight excluding hydrogens is 352 g/mol. The minimum atomic E-state index is -0.0663. The number of nitrogens with zero attached hydrogens (tertiary/aromatic N) is 5. The second-order valence-electron chi connectivity index (χ2n) is 7.24. The van der Waals surface area contributed by atoms with Crippen molar-refractivity contribution in [2.45, 2.75) is 13.1 Å². The highest BCUT2D eigenvalue weighted by Gasteiger charge is 2.28. The lowest BCUT2D eigenvalue weighted by atomic mass is 10.0. The van der Waals surface area contributed by atoms with Crippen LogP contribution in [0, 0.1) is 5.92 Å². The summed E-state index contributed by atoms with van der Waals surface area (Å²) in [6, 6.07) is 15.2. The molecule has 0 atom stereocenters. The van der Waals surface area contributed by atoms with E-state index in [4.69, 9.17) is 0 Å². The largest absolute Gasteiger partial charge is 0.341 e. The smallest absolute Gasteiger partial charge is 0.266 e. The molecule has 28 heavy (non-hydrogen) atoms. The van der Waals surface area contributed by atoms with E-state index in [-0.39, 0.29) is 5.56 Å². The van der Waals surface area contributed by atoms with Crippen LogP contribution in [0.25, 0.3) is 22.3 Å². The van der Waals surface area contributed by atoms with Gasteiger partial charge in [-0.1, -0.05) is 12.1 Å². The fraction of sp³-hybridized carbons (Fsp3) is 0.238. The van der Waals surface area contributed by atoms with E-state index in [0.29, 0.717) is 12.5 Å². The monoisotopic (exact) mass is 372 g/mol. The van der Waals surface area contributed by atoms with Gasteiger partial charge in [0.15, 0.2) is 0 Å². The Labute approximate surface area is 161 Å². The van der Waals surface area contributed by atoms with Crippen LogP contribution in [0.1, 0.15) is 5.82 Å². The minimum Gasteiger partial charge on any atom is -0.341 e. The quantitative estimate of drug-likeness (QED) is 0.582. The van der Waals surface area contributed by atoms with E-state index in [1.807, 2.05) is 36.4 Å². The molecule has 1 fully saturated rings. The van der Waals surface area contributed by atoms with Crippen LogP contribution < -0.4 is 5.56 Å². The lowest BCUT2D eigenvalue weighted by Crippen LogP contribution is -2.49. The number of pyridine rings is 1. The molecule has 0 radical (unpaired) electrons. The molecule has 1 N–H and O–H groups in total. The van der Waals surface area contributed by atoms with Crippen LogP contribution in [0.5, 0.6) is 0 Å². The Morgan fingerprint density at radius 2 is 1.96 bits per heavy atom. The van der Waals surface area contributed by atoms with Gasteiger partial charge in [0.2, 0.25) is 0 Å². The summed E-state index contributed by atoms with van der Waals surface area (Å²) in [5.74, 6) is 1.40. The number of H-pyrrole nitrogens is 1. The van der Waals surface area contributed by atoms with Crippen LogP contribution in [0.2, 0.25) is 0 Å². The second-order valence-corrected chi connectivity index (χ2v) is 7.24. The molecule has 1 aromatic carbocycles. The molecule has 4 heterocycles. The van der Waals surface area contributed by atoms with Gasteiger partial charge in [0, 0.05) is 43.0 Å². The third kappa shape index (κ3) is 3.32. The maximum Gasteiger partial charge on any atom is 0.266 e. The van der Waals surface area contributed by atoms with E-state index in [0.717, 1.165) is 47.7 Å². The Morgan fingerprint density at radius 1 is 1.07 bits per heavy atom. The van der Waals surface area contributed by atoms with Crippen LogP contribution in [0.3, 0.4) is 0 Å². The summed E-state index contributed by atoms with van der Waals surface area (Å²) in [5, 5.41) is 4.53. The number of hydrogen-bond acceptors (Lipinski definition) is 5. The van der Waals surface area contributed by atoms with Crippen LogP contribution in [-0.4, -0.2) is 42.7 Å². The Kier molecular flexibility index (Phi) is 4.21. The number of likely N-dealkylation sites (tertiary alicyclic amines) is 1. The zero-order chi connectivity index (χ0) is 18.9. The third-order valence-corrected chi connectivity index (χ3v) is 5.10. The van der Waals surface area contributed by atoms with E-state index in [9.17, 15) is 4.79 Å². The van der Waals surface area contributed by atoms with Crippen molar-refractivity contribution in [1.29, 1.82) is 0 Å². The molecular formula is C21H20N6O. The molecule has 7 nitrogen and oxygen atoms in total. The number of aromatic amines is 1. The Hall–Kier alpha value is -3.32. The van der Waals surface area contributed by atoms with Crippen molar-refractivity contribution < 1.29 is 0 Å². The highest BCUT2D eigenvalue weighted by atomic mass is 16.1. The summed E-state index contributed by atoms with van der Waals surface area (Å²) in [7, 11) is 0.